The smallest absolute Gasteiger partial charge is 0.276 e. The van der Waals surface area contributed by atoms with Crippen molar-refractivity contribution < 1.29 is 19.2 Å². The lowest BCUT2D eigenvalue weighted by molar-refractivity contribution is -0.385. The summed E-state index contributed by atoms with van der Waals surface area (Å²) in [6, 6.07) is 9.40. The average molecular weight is 365 g/mol. The first kappa shape index (κ1) is 18.5. The molecule has 2 aromatic rings. The van der Waals surface area contributed by atoms with Gasteiger partial charge < -0.3 is 14.8 Å². The third kappa shape index (κ3) is 4.60. The first-order valence-corrected chi connectivity index (χ1v) is 7.77. The SMILES string of the molecule is COc1cc(CCNC(=O)c2cccc(Cl)c2)c([N+](=O)[O-])cc1OC. The number of hydrogen-bond donors (Lipinski definition) is 1. The maximum atomic E-state index is 12.1. The number of hydrogen-bond acceptors (Lipinski definition) is 5. The van der Waals surface area contributed by atoms with Crippen LogP contribution >= 0.6 is 11.6 Å². The maximum Gasteiger partial charge on any atom is 0.276 e. The van der Waals surface area contributed by atoms with Crippen LogP contribution < -0.4 is 14.8 Å². The Kier molecular flexibility index (Phi) is 6.19. The van der Waals surface area contributed by atoms with Crippen LogP contribution in [0.2, 0.25) is 5.02 Å². The number of nitro benzene ring substituents is 1. The number of benzene rings is 2. The van der Waals surface area contributed by atoms with E-state index in [1.807, 2.05) is 0 Å². The zero-order valence-corrected chi connectivity index (χ0v) is 14.5. The number of nitro groups is 1. The van der Waals surface area contributed by atoms with Gasteiger partial charge in [-0.2, -0.15) is 0 Å². The number of nitrogens with one attached hydrogen (secondary N) is 1. The van der Waals surface area contributed by atoms with Crippen LogP contribution in [0.25, 0.3) is 0 Å². The molecule has 7 nitrogen and oxygen atoms in total. The van der Waals surface area contributed by atoms with E-state index in [9.17, 15) is 14.9 Å². The predicted octanol–water partition coefficient (Wildman–Crippen LogP) is 3.24. The van der Waals surface area contributed by atoms with Gasteiger partial charge in [0.1, 0.15) is 0 Å². The molecule has 0 saturated carbocycles. The number of rotatable bonds is 7. The van der Waals surface area contributed by atoms with E-state index in [0.717, 1.165) is 0 Å². The lowest BCUT2D eigenvalue weighted by atomic mass is 10.1. The summed E-state index contributed by atoms with van der Waals surface area (Å²) in [6.07, 6.45) is 0.267. The summed E-state index contributed by atoms with van der Waals surface area (Å²) < 4.78 is 10.3. The van der Waals surface area contributed by atoms with Gasteiger partial charge in [-0.1, -0.05) is 17.7 Å². The lowest BCUT2D eigenvalue weighted by Crippen LogP contribution is -2.25. The van der Waals surface area contributed by atoms with Crippen LogP contribution in [0.1, 0.15) is 15.9 Å². The number of carbonyl (C=O) groups excluding carboxylic acids is 1. The quantitative estimate of drug-likeness (QED) is 0.601. The molecule has 0 bridgehead atoms. The van der Waals surface area contributed by atoms with Gasteiger partial charge in [-0.25, -0.2) is 0 Å². The van der Waals surface area contributed by atoms with Gasteiger partial charge in [-0.3, -0.25) is 14.9 Å². The molecule has 0 radical (unpaired) electrons. The van der Waals surface area contributed by atoms with Crippen LogP contribution in [0, 0.1) is 10.1 Å². The molecule has 2 aromatic carbocycles. The molecule has 0 saturated heterocycles. The van der Waals surface area contributed by atoms with E-state index in [4.69, 9.17) is 21.1 Å². The fourth-order valence-electron chi connectivity index (χ4n) is 2.32. The first-order chi connectivity index (χ1) is 12.0. The number of methoxy groups -OCH3 is 2. The van der Waals surface area contributed by atoms with E-state index in [0.29, 0.717) is 21.9 Å². The number of ether oxygens (including phenoxy) is 2. The van der Waals surface area contributed by atoms with E-state index < -0.39 is 4.92 Å². The van der Waals surface area contributed by atoms with Gasteiger partial charge in [-0.15, -0.1) is 0 Å². The highest BCUT2D eigenvalue weighted by molar-refractivity contribution is 6.30. The average Bonchev–Trinajstić information content (AvgIpc) is 2.60. The molecule has 0 aliphatic heterocycles. The highest BCUT2D eigenvalue weighted by Crippen LogP contribution is 2.34. The first-order valence-electron chi connectivity index (χ1n) is 7.39. The molecule has 1 amide bonds. The van der Waals surface area contributed by atoms with Crippen LogP contribution in [0.3, 0.4) is 0 Å². The summed E-state index contributed by atoms with van der Waals surface area (Å²) in [5, 5.41) is 14.4. The lowest BCUT2D eigenvalue weighted by Gasteiger charge is -2.11. The molecule has 8 heteroatoms. The van der Waals surface area contributed by atoms with Crippen LogP contribution in [-0.4, -0.2) is 31.6 Å². The molecule has 2 rings (SSSR count). The van der Waals surface area contributed by atoms with Crippen molar-refractivity contribution >= 4 is 23.2 Å². The van der Waals surface area contributed by atoms with Crippen molar-refractivity contribution in [2.24, 2.45) is 0 Å². The minimum absolute atomic E-state index is 0.0883. The number of carbonyl (C=O) groups is 1. The summed E-state index contributed by atoms with van der Waals surface area (Å²) in [5.74, 6) is 0.371. The Hall–Kier alpha value is -2.80. The van der Waals surface area contributed by atoms with E-state index in [2.05, 4.69) is 5.32 Å². The molecule has 0 aliphatic rings. The van der Waals surface area contributed by atoms with Gasteiger partial charge in [-0.05, 0) is 30.7 Å². The molecule has 0 atom stereocenters. The van der Waals surface area contributed by atoms with Crippen LogP contribution in [0.15, 0.2) is 36.4 Å². The number of halogens is 1. The van der Waals surface area contributed by atoms with E-state index in [1.54, 1.807) is 30.3 Å². The fourth-order valence-corrected chi connectivity index (χ4v) is 2.51. The minimum atomic E-state index is -0.490. The summed E-state index contributed by atoms with van der Waals surface area (Å²) in [5.41, 5.74) is 0.776. The van der Waals surface area contributed by atoms with Crippen LogP contribution in [-0.2, 0) is 6.42 Å². The largest absolute Gasteiger partial charge is 0.493 e. The molecule has 0 unspecified atom stereocenters. The fraction of sp³-hybridized carbons (Fsp3) is 0.235. The van der Waals surface area contributed by atoms with Crippen molar-refractivity contribution in [1.82, 2.24) is 5.32 Å². The Balaban J connectivity index is 2.11. The topological polar surface area (TPSA) is 90.7 Å². The van der Waals surface area contributed by atoms with E-state index in [-0.39, 0.29) is 30.3 Å². The Bertz CT molecular complexity index is 795. The highest BCUT2D eigenvalue weighted by Gasteiger charge is 2.19. The maximum absolute atomic E-state index is 12.1. The highest BCUT2D eigenvalue weighted by atomic mass is 35.5. The monoisotopic (exact) mass is 364 g/mol. The van der Waals surface area contributed by atoms with Gasteiger partial charge in [0, 0.05) is 22.7 Å². The third-order valence-corrected chi connectivity index (χ3v) is 3.78. The van der Waals surface area contributed by atoms with Crippen molar-refractivity contribution in [2.45, 2.75) is 6.42 Å². The predicted molar refractivity (Wildman–Crippen MR) is 93.7 cm³/mol. The molecule has 1 N–H and O–H groups in total. The molecule has 0 aliphatic carbocycles. The molecular weight excluding hydrogens is 348 g/mol. The zero-order valence-electron chi connectivity index (χ0n) is 13.7. The molecule has 0 spiro atoms. The summed E-state index contributed by atoms with van der Waals surface area (Å²) in [6.45, 7) is 0.224. The second-order valence-electron chi connectivity index (χ2n) is 5.11. The normalized spacial score (nSPS) is 10.2. The van der Waals surface area contributed by atoms with Gasteiger partial charge >= 0.3 is 0 Å². The molecule has 0 aromatic heterocycles. The minimum Gasteiger partial charge on any atom is -0.493 e. The van der Waals surface area contributed by atoms with Crippen molar-refractivity contribution in [3.8, 4) is 11.5 Å². The summed E-state index contributed by atoms with van der Waals surface area (Å²) >= 11 is 5.86. The summed E-state index contributed by atoms with van der Waals surface area (Å²) in [4.78, 5) is 22.8. The van der Waals surface area contributed by atoms with Crippen LogP contribution in [0.4, 0.5) is 5.69 Å². The number of amides is 1. The van der Waals surface area contributed by atoms with Crippen molar-refractivity contribution in [3.05, 3.63) is 62.7 Å². The Morgan fingerprint density at radius 1 is 1.20 bits per heavy atom. The molecule has 0 heterocycles. The van der Waals surface area contributed by atoms with Crippen molar-refractivity contribution in [2.75, 3.05) is 20.8 Å². The molecule has 0 fully saturated rings. The van der Waals surface area contributed by atoms with E-state index >= 15 is 0 Å². The van der Waals surface area contributed by atoms with E-state index in [1.165, 1.54) is 20.3 Å². The van der Waals surface area contributed by atoms with Gasteiger partial charge in [0.2, 0.25) is 0 Å². The molecular formula is C17H17ClN2O5. The number of nitrogens with zero attached hydrogens (tertiary/aromatic N) is 1. The standard InChI is InChI=1S/C17H17ClN2O5/c1-24-15-9-11(14(20(22)23)10-16(15)25-2)6-7-19-17(21)12-4-3-5-13(18)8-12/h3-5,8-10H,6-7H2,1-2H3,(H,19,21). The second kappa shape index (κ2) is 8.34. The van der Waals surface area contributed by atoms with Crippen LogP contribution in [0.5, 0.6) is 11.5 Å². The zero-order chi connectivity index (χ0) is 18.4. The van der Waals surface area contributed by atoms with Crippen molar-refractivity contribution in [1.29, 1.82) is 0 Å². The Morgan fingerprint density at radius 2 is 1.88 bits per heavy atom. The summed E-state index contributed by atoms with van der Waals surface area (Å²) in [7, 11) is 2.86. The van der Waals surface area contributed by atoms with Gasteiger partial charge in [0.25, 0.3) is 11.6 Å². The van der Waals surface area contributed by atoms with Gasteiger partial charge in [0.15, 0.2) is 11.5 Å². The van der Waals surface area contributed by atoms with Crippen molar-refractivity contribution in [3.63, 3.8) is 0 Å². The van der Waals surface area contributed by atoms with Gasteiger partial charge in [0.05, 0.1) is 25.2 Å². The third-order valence-electron chi connectivity index (χ3n) is 3.55. The molecule has 132 valence electrons. The Morgan fingerprint density at radius 3 is 2.48 bits per heavy atom. The second-order valence-corrected chi connectivity index (χ2v) is 5.55. The molecule has 25 heavy (non-hydrogen) atoms. The Labute approximate surface area is 149 Å².